The largest absolute Gasteiger partial charge is 0.301 e. The minimum Gasteiger partial charge on any atom is -0.301 e. The van der Waals surface area contributed by atoms with E-state index in [-0.39, 0.29) is 5.91 Å². The maximum atomic E-state index is 12.2. The molecular weight excluding hydrogens is 356 g/mol. The molecule has 1 amide bonds. The van der Waals surface area contributed by atoms with Gasteiger partial charge in [-0.15, -0.1) is 16.4 Å². The smallest absolute Gasteiger partial charge is 0.239 e. The van der Waals surface area contributed by atoms with Gasteiger partial charge in [0.1, 0.15) is 0 Å². The highest BCUT2D eigenvalue weighted by atomic mass is 35.5. The highest BCUT2D eigenvalue weighted by Crippen LogP contribution is 2.27. The third-order valence-corrected chi connectivity index (χ3v) is 4.88. The molecule has 3 rings (SSSR count). The number of anilines is 1. The van der Waals surface area contributed by atoms with E-state index < -0.39 is 5.25 Å². The van der Waals surface area contributed by atoms with Gasteiger partial charge < -0.3 is 5.32 Å². The van der Waals surface area contributed by atoms with E-state index in [2.05, 4.69) is 25.8 Å². The molecule has 118 valence electrons. The first-order chi connectivity index (χ1) is 11.1. The second kappa shape index (κ2) is 7.07. The number of carbonyl (C=O) groups is 1. The summed E-state index contributed by atoms with van der Waals surface area (Å²) in [7, 11) is 0. The summed E-state index contributed by atoms with van der Waals surface area (Å²) >= 11 is 8.78. The number of benzene rings is 1. The van der Waals surface area contributed by atoms with Crippen molar-refractivity contribution >= 4 is 45.7 Å². The molecule has 0 unspecified atom stereocenters. The van der Waals surface area contributed by atoms with Crippen molar-refractivity contribution in [3.8, 4) is 5.69 Å². The minimum atomic E-state index is -0.397. The van der Waals surface area contributed by atoms with Crippen molar-refractivity contribution in [1.29, 1.82) is 0 Å². The Hall–Kier alpha value is -1.97. The zero-order valence-corrected chi connectivity index (χ0v) is 14.3. The molecule has 1 aromatic carbocycles. The Balaban J connectivity index is 1.75. The number of hydrogen-bond acceptors (Lipinski definition) is 7. The molecule has 7 nitrogen and oxygen atoms in total. The highest BCUT2D eigenvalue weighted by molar-refractivity contribution is 8.00. The third-order valence-electron chi connectivity index (χ3n) is 2.84. The van der Waals surface area contributed by atoms with E-state index in [4.69, 9.17) is 11.6 Å². The van der Waals surface area contributed by atoms with Gasteiger partial charge in [0, 0.05) is 11.6 Å². The van der Waals surface area contributed by atoms with Crippen molar-refractivity contribution in [2.45, 2.75) is 17.3 Å². The predicted octanol–water partition coefficient (Wildman–Crippen LogP) is 2.89. The zero-order valence-electron chi connectivity index (χ0n) is 11.9. The van der Waals surface area contributed by atoms with Crippen molar-refractivity contribution in [2.75, 3.05) is 5.32 Å². The number of thioether (sulfide) groups is 1. The molecule has 1 N–H and O–H groups in total. The average Bonchev–Trinajstić information content (AvgIpc) is 3.19. The number of halogens is 1. The van der Waals surface area contributed by atoms with Gasteiger partial charge >= 0.3 is 0 Å². The van der Waals surface area contributed by atoms with Crippen LogP contribution in [-0.4, -0.2) is 36.3 Å². The van der Waals surface area contributed by atoms with Crippen LogP contribution in [0.3, 0.4) is 0 Å². The molecule has 0 radical (unpaired) electrons. The molecule has 0 spiro atoms. The number of para-hydroxylation sites is 1. The number of carbonyl (C=O) groups excluding carboxylic acids is 1. The fraction of sp³-hybridized carbons (Fsp3) is 0.154. The summed E-state index contributed by atoms with van der Waals surface area (Å²) in [6.07, 6.45) is 1.63. The molecule has 2 heterocycles. The second-order valence-corrected chi connectivity index (χ2v) is 7.02. The molecule has 0 bridgehead atoms. The molecule has 23 heavy (non-hydrogen) atoms. The lowest BCUT2D eigenvalue weighted by atomic mass is 10.3. The van der Waals surface area contributed by atoms with Gasteiger partial charge in [-0.25, -0.2) is 4.98 Å². The maximum absolute atomic E-state index is 12.2. The van der Waals surface area contributed by atoms with Gasteiger partial charge in [0.05, 0.1) is 16.0 Å². The first-order valence-electron chi connectivity index (χ1n) is 6.55. The molecule has 0 saturated heterocycles. The van der Waals surface area contributed by atoms with Crippen molar-refractivity contribution in [3.05, 3.63) is 40.9 Å². The summed E-state index contributed by atoms with van der Waals surface area (Å²) in [4.78, 5) is 16.2. The first kappa shape index (κ1) is 15.9. The van der Waals surface area contributed by atoms with Crippen LogP contribution in [0.4, 0.5) is 5.13 Å². The van der Waals surface area contributed by atoms with Gasteiger partial charge in [-0.05, 0) is 29.5 Å². The Morgan fingerprint density at radius 3 is 3.00 bits per heavy atom. The van der Waals surface area contributed by atoms with E-state index >= 15 is 0 Å². The number of amides is 1. The number of hydrogen-bond donors (Lipinski definition) is 1. The number of thiazole rings is 1. The van der Waals surface area contributed by atoms with Gasteiger partial charge in [-0.1, -0.05) is 35.5 Å². The van der Waals surface area contributed by atoms with Gasteiger partial charge in [-0.2, -0.15) is 4.68 Å². The standard InChI is InChI=1S/C13H11ClN6OS2/c1-8(11(21)16-12-15-6-7-22-12)23-13-17-18-19-20(13)10-5-3-2-4-9(10)14/h2-8H,1H3,(H,15,16,21)/t8-/m1/s1. The number of rotatable bonds is 5. The monoisotopic (exact) mass is 366 g/mol. The fourth-order valence-electron chi connectivity index (χ4n) is 1.73. The quantitative estimate of drug-likeness (QED) is 0.699. The Labute approximate surface area is 145 Å². The molecule has 3 aromatic rings. The van der Waals surface area contributed by atoms with Gasteiger partial charge in [0.25, 0.3) is 0 Å². The van der Waals surface area contributed by atoms with Gasteiger partial charge in [0.15, 0.2) is 5.13 Å². The fourth-order valence-corrected chi connectivity index (χ4v) is 3.28. The Bertz CT molecular complexity index is 806. The van der Waals surface area contributed by atoms with E-state index in [1.165, 1.54) is 27.8 Å². The summed E-state index contributed by atoms with van der Waals surface area (Å²) < 4.78 is 1.51. The molecule has 0 aliphatic carbocycles. The van der Waals surface area contributed by atoms with Crippen LogP contribution >= 0.6 is 34.7 Å². The van der Waals surface area contributed by atoms with Crippen LogP contribution in [0.1, 0.15) is 6.92 Å². The van der Waals surface area contributed by atoms with Crippen LogP contribution in [0, 0.1) is 0 Å². The van der Waals surface area contributed by atoms with Crippen molar-refractivity contribution in [3.63, 3.8) is 0 Å². The van der Waals surface area contributed by atoms with E-state index in [1.54, 1.807) is 24.6 Å². The van der Waals surface area contributed by atoms with E-state index in [0.717, 1.165) is 0 Å². The number of tetrazole rings is 1. The maximum Gasteiger partial charge on any atom is 0.239 e. The lowest BCUT2D eigenvalue weighted by molar-refractivity contribution is -0.115. The average molecular weight is 367 g/mol. The van der Waals surface area contributed by atoms with Gasteiger partial charge in [0.2, 0.25) is 11.1 Å². The molecule has 0 aliphatic rings. The van der Waals surface area contributed by atoms with Crippen LogP contribution in [0.2, 0.25) is 5.02 Å². The minimum absolute atomic E-state index is 0.168. The summed E-state index contributed by atoms with van der Waals surface area (Å²) in [5, 5.41) is 17.3. The molecule has 0 fully saturated rings. The molecule has 2 aromatic heterocycles. The van der Waals surface area contributed by atoms with Crippen LogP contribution in [-0.2, 0) is 4.79 Å². The molecular formula is C13H11ClN6OS2. The SMILES string of the molecule is C[C@@H](Sc1nnnn1-c1ccccc1Cl)C(=O)Nc1nccs1. The Morgan fingerprint density at radius 2 is 2.26 bits per heavy atom. The van der Waals surface area contributed by atoms with Gasteiger partial charge in [-0.3, -0.25) is 4.79 Å². The number of nitrogens with zero attached hydrogens (tertiary/aromatic N) is 5. The molecule has 0 saturated carbocycles. The Morgan fingerprint density at radius 1 is 1.43 bits per heavy atom. The zero-order chi connectivity index (χ0) is 16.2. The van der Waals surface area contributed by atoms with E-state index in [1.807, 2.05) is 18.2 Å². The normalized spacial score (nSPS) is 12.1. The summed E-state index contributed by atoms with van der Waals surface area (Å²) in [5.74, 6) is -0.168. The van der Waals surface area contributed by atoms with E-state index in [9.17, 15) is 4.79 Å². The van der Waals surface area contributed by atoms with Crippen LogP contribution < -0.4 is 5.32 Å². The molecule has 0 aliphatic heterocycles. The number of nitrogens with one attached hydrogen (secondary N) is 1. The van der Waals surface area contributed by atoms with Crippen LogP contribution in [0.5, 0.6) is 0 Å². The summed E-state index contributed by atoms with van der Waals surface area (Å²) in [6, 6.07) is 7.23. The first-order valence-corrected chi connectivity index (χ1v) is 8.69. The predicted molar refractivity (Wildman–Crippen MR) is 90.2 cm³/mol. The highest BCUT2D eigenvalue weighted by Gasteiger charge is 2.20. The van der Waals surface area contributed by atoms with E-state index in [0.29, 0.717) is 21.0 Å². The molecule has 1 atom stereocenters. The lowest BCUT2D eigenvalue weighted by Crippen LogP contribution is -2.22. The second-order valence-electron chi connectivity index (χ2n) is 4.41. The summed E-state index contributed by atoms with van der Waals surface area (Å²) in [6.45, 7) is 1.78. The lowest BCUT2D eigenvalue weighted by Gasteiger charge is -2.10. The number of aromatic nitrogens is 5. The van der Waals surface area contributed by atoms with Crippen molar-refractivity contribution < 1.29 is 4.79 Å². The third kappa shape index (κ3) is 3.69. The van der Waals surface area contributed by atoms with Crippen molar-refractivity contribution in [2.24, 2.45) is 0 Å². The van der Waals surface area contributed by atoms with Crippen LogP contribution in [0.25, 0.3) is 5.69 Å². The topological polar surface area (TPSA) is 85.6 Å². The summed E-state index contributed by atoms with van der Waals surface area (Å²) in [5.41, 5.74) is 0.661. The Kier molecular flexibility index (Phi) is 4.89. The molecule has 10 heteroatoms. The van der Waals surface area contributed by atoms with Crippen molar-refractivity contribution in [1.82, 2.24) is 25.2 Å². The van der Waals surface area contributed by atoms with Crippen LogP contribution in [0.15, 0.2) is 41.0 Å².